The first kappa shape index (κ1) is 29.6. The fourth-order valence-electron chi connectivity index (χ4n) is 8.99. The average Bonchev–Trinajstić information content (AvgIpc) is 2.81. The van der Waals surface area contributed by atoms with Crippen LogP contribution in [0, 0.1) is 34.5 Å². The number of carbonyl (C=O) groups excluding carboxylic acids is 2. The Morgan fingerprint density at radius 2 is 1.84 bits per heavy atom. The minimum Gasteiger partial charge on any atom is -0.454 e. The van der Waals surface area contributed by atoms with E-state index in [0.717, 1.165) is 5.57 Å². The highest BCUT2D eigenvalue weighted by molar-refractivity contribution is 5.91. The molecule has 10 nitrogen and oxygen atoms in total. The van der Waals surface area contributed by atoms with Gasteiger partial charge in [-0.3, -0.25) is 14.8 Å². The lowest BCUT2D eigenvalue weighted by atomic mass is 9.41. The molecule has 2 bridgehead atoms. The number of carbonyl (C=O) groups is 2. The van der Waals surface area contributed by atoms with Crippen LogP contribution < -0.4 is 5.73 Å². The maximum absolute atomic E-state index is 14.5. The normalized spacial score (nSPS) is 46.5. The molecule has 0 amide bonds. The maximum Gasteiger partial charge on any atom is 0.303 e. The summed E-state index contributed by atoms with van der Waals surface area (Å²) < 4.78 is 11.8. The van der Waals surface area contributed by atoms with Crippen molar-refractivity contribution in [1.82, 2.24) is 0 Å². The van der Waals surface area contributed by atoms with Gasteiger partial charge in [0.1, 0.15) is 18.0 Å². The number of Topliss-reactive ketones (excluding diaryl/α,β-unsaturated/α-hetero) is 1. The van der Waals surface area contributed by atoms with Gasteiger partial charge in [0.15, 0.2) is 5.60 Å². The van der Waals surface area contributed by atoms with Gasteiger partial charge in [0.2, 0.25) is 0 Å². The van der Waals surface area contributed by atoms with Crippen LogP contribution in [0.4, 0.5) is 0 Å². The highest BCUT2D eigenvalue weighted by atomic mass is 17.1. The summed E-state index contributed by atoms with van der Waals surface area (Å²) in [7, 11) is 0. The van der Waals surface area contributed by atoms with E-state index < -0.39 is 82.1 Å². The first-order chi connectivity index (χ1) is 17.4. The van der Waals surface area contributed by atoms with E-state index in [0.29, 0.717) is 5.57 Å². The van der Waals surface area contributed by atoms with Crippen LogP contribution >= 0.6 is 0 Å². The highest BCUT2D eigenvalue weighted by Crippen LogP contribution is 2.66. The van der Waals surface area contributed by atoms with Crippen molar-refractivity contribution in [2.24, 2.45) is 40.2 Å². The molecule has 3 aliphatic carbocycles. The Balaban J connectivity index is 2.00. The zero-order valence-corrected chi connectivity index (χ0v) is 23.7. The summed E-state index contributed by atoms with van der Waals surface area (Å²) in [5.74, 6) is -3.58. The molecule has 1 aliphatic heterocycles. The molecule has 38 heavy (non-hydrogen) atoms. The smallest absolute Gasteiger partial charge is 0.303 e. The lowest BCUT2D eigenvalue weighted by Crippen LogP contribution is -2.79. The molecule has 6 N–H and O–H groups in total. The SMILES string of the molecule is CC(=O)OC12COC1CC(O)[C@@]1(C)C(=O)[C@H](C)C3=C(C)C(C(OO)C(O)C(C)N)CC(O)(C(C)C21)C3(C)C. The molecule has 12 atom stereocenters. The number of nitrogens with two attached hydrogens (primary N) is 1. The monoisotopic (exact) mass is 539 g/mol. The molecule has 3 fully saturated rings. The predicted molar refractivity (Wildman–Crippen MR) is 136 cm³/mol. The fraction of sp³-hybridized carbons (Fsp3) is 0.857. The van der Waals surface area contributed by atoms with E-state index in [1.807, 2.05) is 27.7 Å². The third-order valence-electron chi connectivity index (χ3n) is 11.0. The molecule has 216 valence electrons. The van der Waals surface area contributed by atoms with Crippen LogP contribution in [0.3, 0.4) is 0 Å². The maximum atomic E-state index is 14.5. The summed E-state index contributed by atoms with van der Waals surface area (Å²) in [5, 5.41) is 45.0. The molecule has 0 spiro atoms. The Kier molecular flexibility index (Phi) is 7.26. The van der Waals surface area contributed by atoms with E-state index >= 15 is 0 Å². The molecule has 2 saturated carbocycles. The van der Waals surface area contributed by atoms with E-state index in [2.05, 4.69) is 0 Å². The Hall–Kier alpha value is -1.40. The first-order valence-corrected chi connectivity index (χ1v) is 13.6. The summed E-state index contributed by atoms with van der Waals surface area (Å²) in [6.07, 6.45) is -3.86. The van der Waals surface area contributed by atoms with E-state index in [-0.39, 0.29) is 25.2 Å². The van der Waals surface area contributed by atoms with E-state index in [1.165, 1.54) is 6.92 Å². The van der Waals surface area contributed by atoms with Gasteiger partial charge >= 0.3 is 5.97 Å². The Labute approximate surface area is 224 Å². The van der Waals surface area contributed by atoms with Crippen molar-refractivity contribution < 1.29 is 44.5 Å². The van der Waals surface area contributed by atoms with Crippen molar-refractivity contribution >= 4 is 11.8 Å². The molecular weight excluding hydrogens is 494 g/mol. The number of hydrogen-bond donors (Lipinski definition) is 5. The molecular formula is C28H45NO9. The second kappa shape index (κ2) is 9.33. The van der Waals surface area contributed by atoms with Crippen LogP contribution in [0.2, 0.25) is 0 Å². The third kappa shape index (κ3) is 3.64. The number of hydrogen-bond acceptors (Lipinski definition) is 10. The number of ether oxygens (including phenoxy) is 2. The molecule has 10 unspecified atom stereocenters. The minimum absolute atomic E-state index is 0.0592. The van der Waals surface area contributed by atoms with Gasteiger partial charge in [-0.2, -0.15) is 0 Å². The lowest BCUT2D eigenvalue weighted by molar-refractivity contribution is -0.340. The van der Waals surface area contributed by atoms with Gasteiger partial charge in [0, 0.05) is 42.6 Å². The lowest BCUT2D eigenvalue weighted by Gasteiger charge is -2.68. The summed E-state index contributed by atoms with van der Waals surface area (Å²) >= 11 is 0. The number of ketones is 1. The van der Waals surface area contributed by atoms with Crippen LogP contribution in [0.15, 0.2) is 11.1 Å². The number of rotatable bonds is 5. The summed E-state index contributed by atoms with van der Waals surface area (Å²) in [5.41, 5.74) is 2.40. The summed E-state index contributed by atoms with van der Waals surface area (Å²) in [6.45, 7) is 13.9. The third-order valence-corrected chi connectivity index (χ3v) is 11.0. The number of esters is 1. The Bertz CT molecular complexity index is 1030. The van der Waals surface area contributed by atoms with Gasteiger partial charge in [-0.05, 0) is 33.1 Å². The summed E-state index contributed by atoms with van der Waals surface area (Å²) in [4.78, 5) is 31.7. The van der Waals surface area contributed by atoms with Gasteiger partial charge in [0.05, 0.1) is 29.8 Å². The van der Waals surface area contributed by atoms with Crippen LogP contribution in [0.5, 0.6) is 0 Å². The zero-order valence-electron chi connectivity index (χ0n) is 23.7. The van der Waals surface area contributed by atoms with Gasteiger partial charge in [-0.25, -0.2) is 4.89 Å². The van der Waals surface area contributed by atoms with Crippen molar-refractivity contribution in [1.29, 1.82) is 0 Å². The van der Waals surface area contributed by atoms with Crippen molar-refractivity contribution in [3.05, 3.63) is 11.1 Å². The molecule has 0 radical (unpaired) electrons. The number of aliphatic hydroxyl groups excluding tert-OH is 2. The van der Waals surface area contributed by atoms with Crippen LogP contribution in [0.25, 0.3) is 0 Å². The standard InChI is InChI=1S/C28H45NO9/c1-12-17(22(38-35)21(32)15(4)29)10-28(34)14(3)23-26(8,24(33)13(2)20(12)25(28,6)7)18(31)9-19-27(23,11-36-19)37-16(5)30/h13-15,17-19,21-23,31-32,34-35H,9-11,29H2,1-8H3/t13-,14?,15?,17?,18?,19?,21?,22?,23?,26-,27?,28?/m1/s1. The van der Waals surface area contributed by atoms with Gasteiger partial charge in [-0.15, -0.1) is 0 Å². The first-order valence-electron chi connectivity index (χ1n) is 13.6. The molecule has 0 aromatic heterocycles. The van der Waals surface area contributed by atoms with E-state index in [1.54, 1.807) is 20.8 Å². The minimum atomic E-state index is -1.52. The molecule has 10 heteroatoms. The number of aliphatic hydroxyl groups is 3. The van der Waals surface area contributed by atoms with Gasteiger partial charge in [-0.1, -0.05) is 38.8 Å². The van der Waals surface area contributed by atoms with Crippen LogP contribution in [-0.2, 0) is 24.0 Å². The molecule has 0 aromatic carbocycles. The van der Waals surface area contributed by atoms with E-state index in [9.17, 15) is 30.2 Å². The van der Waals surface area contributed by atoms with Crippen molar-refractivity contribution in [3.63, 3.8) is 0 Å². The van der Waals surface area contributed by atoms with Crippen molar-refractivity contribution in [2.75, 3.05) is 6.61 Å². The number of fused-ring (bicyclic) bond motifs is 5. The van der Waals surface area contributed by atoms with Crippen molar-refractivity contribution in [2.45, 2.75) is 110 Å². The molecule has 0 aromatic rings. The Morgan fingerprint density at radius 3 is 2.32 bits per heavy atom. The topological polar surface area (TPSA) is 169 Å². The zero-order chi connectivity index (χ0) is 28.7. The average molecular weight is 540 g/mol. The highest BCUT2D eigenvalue weighted by Gasteiger charge is 2.75. The van der Waals surface area contributed by atoms with Crippen LogP contribution in [0.1, 0.15) is 68.2 Å². The fourth-order valence-corrected chi connectivity index (χ4v) is 8.99. The van der Waals surface area contributed by atoms with Gasteiger partial charge < -0.3 is 30.5 Å². The van der Waals surface area contributed by atoms with Gasteiger partial charge in [0.25, 0.3) is 0 Å². The second-order valence-electron chi connectivity index (χ2n) is 13.1. The van der Waals surface area contributed by atoms with E-state index in [4.69, 9.17) is 20.1 Å². The summed E-state index contributed by atoms with van der Waals surface area (Å²) in [6, 6.07) is -0.729. The second-order valence-corrected chi connectivity index (χ2v) is 13.1. The molecule has 1 heterocycles. The Morgan fingerprint density at radius 1 is 1.24 bits per heavy atom. The molecule has 1 saturated heterocycles. The van der Waals surface area contributed by atoms with Crippen LogP contribution in [-0.4, -0.2) is 80.6 Å². The molecule has 4 aliphatic rings. The quantitative estimate of drug-likeness (QED) is 0.150. The largest absolute Gasteiger partial charge is 0.454 e. The molecule has 4 rings (SSSR count). The predicted octanol–water partition coefficient (Wildman–Crippen LogP) is 1.59. The van der Waals surface area contributed by atoms with Crippen molar-refractivity contribution in [3.8, 4) is 0 Å².